The van der Waals surface area contributed by atoms with Crippen LogP contribution >= 0.6 is 0 Å². The summed E-state index contributed by atoms with van der Waals surface area (Å²) < 4.78 is 26.3. The van der Waals surface area contributed by atoms with Crippen LogP contribution in [0.4, 0.5) is 8.78 Å². The Morgan fingerprint density at radius 3 is 2.04 bits per heavy atom. The fourth-order valence-electron chi connectivity index (χ4n) is 5.90. The van der Waals surface area contributed by atoms with Gasteiger partial charge >= 0.3 is 0 Å². The van der Waals surface area contributed by atoms with Gasteiger partial charge in [-0.05, 0) is 86.8 Å². The lowest BCUT2D eigenvalue weighted by molar-refractivity contribution is -0.129. The summed E-state index contributed by atoms with van der Waals surface area (Å²) >= 11 is 0. The molecule has 0 N–H and O–H groups in total. The first-order chi connectivity index (χ1) is 22.5. The van der Waals surface area contributed by atoms with Crippen molar-refractivity contribution >= 4 is 12.2 Å². The van der Waals surface area contributed by atoms with Gasteiger partial charge in [-0.25, -0.2) is 8.78 Å². The summed E-state index contributed by atoms with van der Waals surface area (Å²) in [6.45, 7) is 27.4. The quantitative estimate of drug-likeness (QED) is 0.122. The molecule has 1 amide bonds. The lowest BCUT2D eigenvalue weighted by Gasteiger charge is -2.20. The number of carbonyl (C=O) groups is 2. The molecule has 4 atom stereocenters. The van der Waals surface area contributed by atoms with Crippen molar-refractivity contribution in [3.8, 4) is 6.07 Å². The normalized spacial score (nSPS) is 14.4. The molecule has 6 heteroatoms. The van der Waals surface area contributed by atoms with E-state index in [0.717, 1.165) is 43.6 Å². The summed E-state index contributed by atoms with van der Waals surface area (Å²) in [4.78, 5) is 22.4. The molecule has 0 bridgehead atoms. The number of hydrogen-bond acceptors (Lipinski definition) is 3. The van der Waals surface area contributed by atoms with Crippen LogP contribution in [-0.2, 0) is 29.1 Å². The predicted molar refractivity (Wildman–Crippen MR) is 201 cm³/mol. The van der Waals surface area contributed by atoms with Crippen LogP contribution in [0.5, 0.6) is 0 Å². The number of allylic oxidation sites excluding steroid dienone is 1. The number of nitrogens with zero attached hydrogens (tertiary/aromatic N) is 2. The fourth-order valence-corrected chi connectivity index (χ4v) is 5.90. The Morgan fingerprint density at radius 2 is 1.56 bits per heavy atom. The minimum Gasteiger partial charge on any atom is -0.334 e. The molecular weight excluding hydrogens is 602 g/mol. The van der Waals surface area contributed by atoms with Crippen LogP contribution in [0.15, 0.2) is 30.4 Å². The third-order valence-electron chi connectivity index (χ3n) is 8.90. The molecule has 48 heavy (non-hydrogen) atoms. The van der Waals surface area contributed by atoms with E-state index >= 15 is 0 Å². The molecule has 0 radical (unpaired) electrons. The van der Waals surface area contributed by atoms with Crippen LogP contribution in [0.2, 0.25) is 0 Å². The highest BCUT2D eigenvalue weighted by Gasteiger charge is 2.32. The molecule has 0 aromatic heterocycles. The third kappa shape index (κ3) is 23.7. The van der Waals surface area contributed by atoms with Gasteiger partial charge in [-0.2, -0.15) is 5.26 Å². The largest absolute Gasteiger partial charge is 0.334 e. The van der Waals surface area contributed by atoms with E-state index in [-0.39, 0.29) is 24.7 Å². The highest BCUT2D eigenvalue weighted by Crippen LogP contribution is 2.32. The Kier molecular flexibility index (Phi) is 27.0. The summed E-state index contributed by atoms with van der Waals surface area (Å²) in [7, 11) is 0. The maximum atomic E-state index is 13.1. The van der Waals surface area contributed by atoms with Crippen LogP contribution in [0, 0.1) is 40.9 Å². The van der Waals surface area contributed by atoms with Crippen LogP contribution < -0.4 is 0 Å². The number of carbonyl (C=O) groups excluding carboxylic acids is 2. The Morgan fingerprint density at radius 1 is 0.958 bits per heavy atom. The topological polar surface area (TPSA) is 61.2 Å². The van der Waals surface area contributed by atoms with Gasteiger partial charge in [-0.1, -0.05) is 111 Å². The maximum absolute atomic E-state index is 13.1. The van der Waals surface area contributed by atoms with Crippen molar-refractivity contribution in [2.24, 2.45) is 29.6 Å². The van der Waals surface area contributed by atoms with Gasteiger partial charge in [0.1, 0.15) is 6.29 Å². The van der Waals surface area contributed by atoms with Gasteiger partial charge < -0.3 is 9.69 Å². The zero-order valence-corrected chi connectivity index (χ0v) is 32.8. The molecule has 1 aliphatic heterocycles. The van der Waals surface area contributed by atoms with Crippen molar-refractivity contribution in [3.05, 3.63) is 47.0 Å². The van der Waals surface area contributed by atoms with Gasteiger partial charge in [-0.3, -0.25) is 4.79 Å². The summed E-state index contributed by atoms with van der Waals surface area (Å²) in [5.74, 6) is -0.557. The number of rotatable bonds is 17. The van der Waals surface area contributed by atoms with Gasteiger partial charge in [-0.15, -0.1) is 6.58 Å². The van der Waals surface area contributed by atoms with Gasteiger partial charge in [0.2, 0.25) is 11.8 Å². The summed E-state index contributed by atoms with van der Waals surface area (Å²) in [6.07, 6.45) is 12.7. The maximum Gasteiger partial charge on any atom is 0.249 e. The first-order valence-corrected chi connectivity index (χ1v) is 18.7. The van der Waals surface area contributed by atoms with Crippen molar-refractivity contribution in [1.29, 1.82) is 5.26 Å². The molecule has 4 unspecified atom stereocenters. The second-order valence-corrected chi connectivity index (χ2v) is 14.7. The van der Waals surface area contributed by atoms with Crippen LogP contribution in [0.3, 0.4) is 0 Å². The summed E-state index contributed by atoms with van der Waals surface area (Å²) in [5.41, 5.74) is 5.57. The van der Waals surface area contributed by atoms with Crippen molar-refractivity contribution in [2.45, 2.75) is 172 Å². The molecule has 0 saturated carbocycles. The average molecular weight is 675 g/mol. The molecule has 4 nitrogen and oxygen atoms in total. The summed E-state index contributed by atoms with van der Waals surface area (Å²) in [6, 6.07) is 8.47. The Hall–Kier alpha value is -2.55. The lowest BCUT2D eigenvalue weighted by Crippen LogP contribution is -2.22. The van der Waals surface area contributed by atoms with E-state index in [4.69, 9.17) is 10.1 Å². The second kappa shape index (κ2) is 27.3. The number of aldehydes is 1. The summed E-state index contributed by atoms with van der Waals surface area (Å²) in [5, 5.41) is 8.41. The minimum atomic E-state index is -2.68. The Bertz CT molecular complexity index is 1060. The third-order valence-corrected chi connectivity index (χ3v) is 8.90. The molecule has 1 aromatic carbocycles. The first kappa shape index (κ1) is 47.6. The SMILES string of the molecule is C=C(C)CCC(C)CCC.CC=O.CCC(C)CC(F)(F)CC(C)C#N.CCCC(CCC(C)C)Cc1cccc2c1CN(C(C)=O)C2. The number of hydrogen-bond donors (Lipinski definition) is 0. The van der Waals surface area contributed by atoms with E-state index in [1.165, 1.54) is 93.9 Å². The number of halogens is 2. The van der Waals surface area contributed by atoms with E-state index in [0.29, 0.717) is 0 Å². The molecule has 0 fully saturated rings. The van der Waals surface area contributed by atoms with E-state index in [1.807, 2.05) is 24.8 Å². The zero-order chi connectivity index (χ0) is 37.3. The number of benzene rings is 1. The zero-order valence-electron chi connectivity index (χ0n) is 32.8. The first-order valence-electron chi connectivity index (χ1n) is 18.7. The number of amides is 1. The minimum absolute atomic E-state index is 0.0286. The van der Waals surface area contributed by atoms with E-state index in [2.05, 4.69) is 66.3 Å². The van der Waals surface area contributed by atoms with Gasteiger partial charge in [0.05, 0.1) is 6.07 Å². The van der Waals surface area contributed by atoms with Gasteiger partial charge in [0, 0.05) is 38.8 Å². The van der Waals surface area contributed by atoms with Crippen LogP contribution in [0.1, 0.15) is 163 Å². The smallest absolute Gasteiger partial charge is 0.249 e. The predicted octanol–water partition coefficient (Wildman–Crippen LogP) is 12.5. The van der Waals surface area contributed by atoms with E-state index in [1.54, 1.807) is 6.92 Å². The molecule has 0 saturated heterocycles. The molecular formula is C42H72F2N2O2. The van der Waals surface area contributed by atoms with Gasteiger partial charge in [0.15, 0.2) is 0 Å². The Balaban J connectivity index is 0. The van der Waals surface area contributed by atoms with Crippen molar-refractivity contribution in [2.75, 3.05) is 0 Å². The average Bonchev–Trinajstić information content (AvgIpc) is 3.46. The highest BCUT2D eigenvalue weighted by atomic mass is 19.3. The van der Waals surface area contributed by atoms with Crippen molar-refractivity contribution in [3.63, 3.8) is 0 Å². The Labute approximate surface area is 295 Å². The molecule has 1 aromatic rings. The molecule has 0 aliphatic carbocycles. The fraction of sp³-hybridized carbons (Fsp3) is 0.738. The lowest BCUT2D eigenvalue weighted by atomic mass is 9.86. The highest BCUT2D eigenvalue weighted by molar-refractivity contribution is 5.74. The second-order valence-electron chi connectivity index (χ2n) is 14.7. The molecule has 0 spiro atoms. The molecule has 276 valence electrons. The number of alkyl halides is 2. The standard InChI is InChI=1S/C20H31NO.C10H17F2N.C10H20.C2H4O/c1-5-7-17(11-10-15(2)3)12-18-8-6-9-19-13-21(16(4)22)14-20(18)19;1-4-8(2)5-10(11,12)6-9(3)7-13;1-5-6-10(4)8-7-9(2)3;1-2-3/h6,8-9,15,17H,5,7,10-14H2,1-4H3;8-9H,4-6H2,1-3H3;10H,2,5-8H2,1,3-4H3;2H,1H3. The number of fused-ring (bicyclic) bond motifs is 1. The van der Waals surface area contributed by atoms with Crippen LogP contribution in [-0.4, -0.2) is 23.0 Å². The monoisotopic (exact) mass is 675 g/mol. The van der Waals surface area contributed by atoms with Crippen LogP contribution in [0.25, 0.3) is 0 Å². The van der Waals surface area contributed by atoms with E-state index < -0.39 is 11.8 Å². The van der Waals surface area contributed by atoms with Gasteiger partial charge in [0.25, 0.3) is 0 Å². The molecule has 1 heterocycles. The number of nitriles is 1. The van der Waals surface area contributed by atoms with Crippen molar-refractivity contribution in [1.82, 2.24) is 4.90 Å². The molecule has 2 rings (SSSR count). The molecule has 1 aliphatic rings. The van der Waals surface area contributed by atoms with E-state index in [9.17, 15) is 13.6 Å². The van der Waals surface area contributed by atoms with Crippen molar-refractivity contribution < 1.29 is 18.4 Å².